The summed E-state index contributed by atoms with van der Waals surface area (Å²) < 4.78 is 15.1. The molecule has 0 N–H and O–H groups in total. The largest absolute Gasteiger partial charge is 0.463 e. The van der Waals surface area contributed by atoms with Gasteiger partial charge in [-0.25, -0.2) is 0 Å². The van der Waals surface area contributed by atoms with E-state index in [2.05, 4.69) is 0 Å². The molecule has 1 atom stereocenters. The quantitative estimate of drug-likeness (QED) is 0.532. The predicted octanol–water partition coefficient (Wildman–Crippen LogP) is -0.0351. The van der Waals surface area contributed by atoms with Crippen molar-refractivity contribution in [3.63, 3.8) is 0 Å². The predicted molar refractivity (Wildman–Crippen MR) is 37.2 cm³/mol. The minimum absolute atomic E-state index is 0.0763. The third-order valence-electron chi connectivity index (χ3n) is 1.36. The maximum Gasteiger partial charge on any atom is 0.302 e. The van der Waals surface area contributed by atoms with E-state index in [0.717, 1.165) is 0 Å². The van der Waals surface area contributed by atoms with Crippen molar-refractivity contribution in [3.05, 3.63) is 0 Å². The molecule has 1 heterocycles. The maximum absolute atomic E-state index is 10.4. The third-order valence-corrected chi connectivity index (χ3v) is 1.36. The van der Waals surface area contributed by atoms with Gasteiger partial charge in [0.2, 0.25) is 0 Å². The second-order valence-electron chi connectivity index (χ2n) is 2.37. The first-order valence-corrected chi connectivity index (χ1v) is 3.62. The SMILES string of the molecule is CC(=O)OC[C@@H]1COCCO1. The molecule has 0 amide bonds. The summed E-state index contributed by atoms with van der Waals surface area (Å²) in [5.74, 6) is -0.279. The van der Waals surface area contributed by atoms with Crippen molar-refractivity contribution in [3.8, 4) is 0 Å². The zero-order valence-electron chi connectivity index (χ0n) is 6.54. The van der Waals surface area contributed by atoms with Gasteiger partial charge in [0.15, 0.2) is 0 Å². The lowest BCUT2D eigenvalue weighted by atomic mass is 10.4. The van der Waals surface area contributed by atoms with Gasteiger partial charge < -0.3 is 14.2 Å². The smallest absolute Gasteiger partial charge is 0.302 e. The molecule has 4 nitrogen and oxygen atoms in total. The summed E-state index contributed by atoms with van der Waals surface area (Å²) in [5.41, 5.74) is 0. The average molecular weight is 160 g/mol. The lowest BCUT2D eigenvalue weighted by Gasteiger charge is -2.22. The van der Waals surface area contributed by atoms with E-state index in [1.165, 1.54) is 6.92 Å². The van der Waals surface area contributed by atoms with Crippen molar-refractivity contribution in [1.82, 2.24) is 0 Å². The van der Waals surface area contributed by atoms with Gasteiger partial charge in [-0.05, 0) is 0 Å². The van der Waals surface area contributed by atoms with E-state index in [1.807, 2.05) is 0 Å². The summed E-state index contributed by atoms with van der Waals surface area (Å²) in [6.45, 7) is 3.43. The highest BCUT2D eigenvalue weighted by molar-refractivity contribution is 5.65. The number of hydrogen-bond acceptors (Lipinski definition) is 4. The van der Waals surface area contributed by atoms with E-state index in [1.54, 1.807) is 0 Å². The van der Waals surface area contributed by atoms with Gasteiger partial charge in [-0.15, -0.1) is 0 Å². The fourth-order valence-corrected chi connectivity index (χ4v) is 0.843. The Balaban J connectivity index is 2.09. The lowest BCUT2D eigenvalue weighted by molar-refractivity contribution is -0.153. The first-order valence-electron chi connectivity index (χ1n) is 3.62. The molecule has 1 aliphatic heterocycles. The molecule has 0 saturated carbocycles. The minimum Gasteiger partial charge on any atom is -0.463 e. The molecule has 1 fully saturated rings. The highest BCUT2D eigenvalue weighted by Crippen LogP contribution is 2.00. The highest BCUT2D eigenvalue weighted by Gasteiger charge is 2.14. The third kappa shape index (κ3) is 3.34. The molecule has 1 aliphatic rings. The topological polar surface area (TPSA) is 44.8 Å². The van der Waals surface area contributed by atoms with Gasteiger partial charge in [0.25, 0.3) is 0 Å². The Labute approximate surface area is 65.4 Å². The van der Waals surface area contributed by atoms with E-state index in [0.29, 0.717) is 26.4 Å². The molecule has 4 heteroatoms. The molecule has 0 bridgehead atoms. The van der Waals surface area contributed by atoms with E-state index in [9.17, 15) is 4.79 Å². The average Bonchev–Trinajstić information content (AvgIpc) is 2.03. The number of rotatable bonds is 2. The van der Waals surface area contributed by atoms with Crippen LogP contribution >= 0.6 is 0 Å². The zero-order chi connectivity index (χ0) is 8.10. The van der Waals surface area contributed by atoms with Crippen LogP contribution in [0.5, 0.6) is 0 Å². The van der Waals surface area contributed by atoms with Crippen LogP contribution in [0.15, 0.2) is 0 Å². The van der Waals surface area contributed by atoms with Crippen LogP contribution in [0.3, 0.4) is 0 Å². The summed E-state index contributed by atoms with van der Waals surface area (Å²) >= 11 is 0. The molecule has 0 aliphatic carbocycles. The molecule has 0 aromatic rings. The molecule has 0 unspecified atom stereocenters. The first-order chi connectivity index (χ1) is 5.29. The van der Waals surface area contributed by atoms with Crippen LogP contribution in [-0.2, 0) is 19.0 Å². The molecular weight excluding hydrogens is 148 g/mol. The first kappa shape index (κ1) is 8.49. The fraction of sp³-hybridized carbons (Fsp3) is 0.857. The van der Waals surface area contributed by atoms with Gasteiger partial charge in [-0.3, -0.25) is 4.79 Å². The van der Waals surface area contributed by atoms with Gasteiger partial charge in [0, 0.05) is 6.92 Å². The summed E-state index contributed by atoms with van der Waals surface area (Å²) in [6.07, 6.45) is -0.0763. The molecule has 64 valence electrons. The molecule has 0 spiro atoms. The number of esters is 1. The van der Waals surface area contributed by atoms with E-state index in [4.69, 9.17) is 14.2 Å². The van der Waals surface area contributed by atoms with Gasteiger partial charge in [0.1, 0.15) is 12.7 Å². The Morgan fingerprint density at radius 1 is 1.64 bits per heavy atom. The normalized spacial score (nSPS) is 24.6. The fourth-order valence-electron chi connectivity index (χ4n) is 0.843. The number of hydrogen-bond donors (Lipinski definition) is 0. The molecule has 0 aromatic carbocycles. The summed E-state index contributed by atoms with van der Waals surface area (Å²) in [7, 11) is 0. The van der Waals surface area contributed by atoms with Crippen LogP contribution in [0.4, 0.5) is 0 Å². The van der Waals surface area contributed by atoms with Gasteiger partial charge in [-0.2, -0.15) is 0 Å². The van der Waals surface area contributed by atoms with Crippen molar-refractivity contribution in [2.45, 2.75) is 13.0 Å². The molecule has 11 heavy (non-hydrogen) atoms. The monoisotopic (exact) mass is 160 g/mol. The van der Waals surface area contributed by atoms with Crippen LogP contribution in [0.2, 0.25) is 0 Å². The molecule has 0 aromatic heterocycles. The maximum atomic E-state index is 10.4. The van der Waals surface area contributed by atoms with E-state index < -0.39 is 0 Å². The van der Waals surface area contributed by atoms with E-state index in [-0.39, 0.29) is 12.1 Å². The standard InChI is InChI=1S/C7H12O4/c1-6(8)11-5-7-4-9-2-3-10-7/h7H,2-5H2,1H3/t7-/m0/s1. The van der Waals surface area contributed by atoms with Crippen molar-refractivity contribution in [2.75, 3.05) is 26.4 Å². The Hall–Kier alpha value is -0.610. The number of ether oxygens (including phenoxy) is 3. The second kappa shape index (κ2) is 4.31. The molecule has 1 rings (SSSR count). The number of carbonyl (C=O) groups excluding carboxylic acids is 1. The van der Waals surface area contributed by atoms with Crippen molar-refractivity contribution in [1.29, 1.82) is 0 Å². The van der Waals surface area contributed by atoms with Crippen LogP contribution in [0.25, 0.3) is 0 Å². The molecular formula is C7H12O4. The number of carbonyl (C=O) groups is 1. The van der Waals surface area contributed by atoms with Crippen LogP contribution in [0.1, 0.15) is 6.92 Å². The van der Waals surface area contributed by atoms with Crippen molar-refractivity contribution >= 4 is 5.97 Å². The Morgan fingerprint density at radius 2 is 2.45 bits per heavy atom. The Morgan fingerprint density at radius 3 is 3.00 bits per heavy atom. The Kier molecular flexibility index (Phi) is 3.32. The minimum atomic E-state index is -0.279. The lowest BCUT2D eigenvalue weighted by Crippen LogP contribution is -2.32. The van der Waals surface area contributed by atoms with Gasteiger partial charge in [0.05, 0.1) is 19.8 Å². The van der Waals surface area contributed by atoms with Gasteiger partial charge >= 0.3 is 5.97 Å². The van der Waals surface area contributed by atoms with Crippen LogP contribution < -0.4 is 0 Å². The summed E-state index contributed by atoms with van der Waals surface area (Å²) in [5, 5.41) is 0. The molecule has 0 radical (unpaired) electrons. The van der Waals surface area contributed by atoms with E-state index >= 15 is 0 Å². The summed E-state index contributed by atoms with van der Waals surface area (Å²) in [6, 6.07) is 0. The Bertz CT molecular complexity index is 128. The van der Waals surface area contributed by atoms with Crippen molar-refractivity contribution in [2.24, 2.45) is 0 Å². The zero-order valence-corrected chi connectivity index (χ0v) is 6.54. The van der Waals surface area contributed by atoms with Crippen molar-refractivity contribution < 1.29 is 19.0 Å². The van der Waals surface area contributed by atoms with Crippen LogP contribution in [-0.4, -0.2) is 38.5 Å². The molecule has 1 saturated heterocycles. The van der Waals surface area contributed by atoms with Crippen LogP contribution in [0, 0.1) is 0 Å². The highest BCUT2D eigenvalue weighted by atomic mass is 16.6. The second-order valence-corrected chi connectivity index (χ2v) is 2.37. The van der Waals surface area contributed by atoms with Gasteiger partial charge in [-0.1, -0.05) is 0 Å². The summed E-state index contributed by atoms with van der Waals surface area (Å²) in [4.78, 5) is 10.4.